The van der Waals surface area contributed by atoms with Crippen LogP contribution in [-0.2, 0) is 26.7 Å². The largest absolute Gasteiger partial charge is 0.384 e. The lowest BCUT2D eigenvalue weighted by atomic mass is 10.1. The molecule has 34 heavy (non-hydrogen) atoms. The Bertz CT molecular complexity index is 924. The third kappa shape index (κ3) is 10.5. The average Bonchev–Trinajstić information content (AvgIpc) is 2.85. The molecule has 1 atom stereocenters. The van der Waals surface area contributed by atoms with Gasteiger partial charge in [-0.15, -0.1) is 0 Å². The summed E-state index contributed by atoms with van der Waals surface area (Å²) in [5, 5.41) is 15.5. The molecule has 0 spiro atoms. The van der Waals surface area contributed by atoms with Crippen LogP contribution in [0.3, 0.4) is 0 Å². The summed E-state index contributed by atoms with van der Waals surface area (Å²) in [7, 11) is 0. The molecule has 0 fully saturated rings. The number of hydrogen-bond acceptors (Lipinski definition) is 6. The minimum absolute atomic E-state index is 0.0107. The van der Waals surface area contributed by atoms with Gasteiger partial charge in [-0.3, -0.25) is 24.5 Å². The number of nitrogens with one attached hydrogen (secondary N) is 5. The van der Waals surface area contributed by atoms with Gasteiger partial charge in [0.1, 0.15) is 5.84 Å². The first-order chi connectivity index (χ1) is 16.5. The van der Waals surface area contributed by atoms with Crippen molar-refractivity contribution >= 4 is 36.0 Å². The lowest BCUT2D eigenvalue weighted by Crippen LogP contribution is -2.45. The van der Waals surface area contributed by atoms with Crippen LogP contribution in [0.25, 0.3) is 0 Å². The summed E-state index contributed by atoms with van der Waals surface area (Å²) in [5.41, 5.74) is 8.07. The molecule has 0 heterocycles. The molecule has 0 aliphatic carbocycles. The van der Waals surface area contributed by atoms with Crippen LogP contribution in [0.5, 0.6) is 0 Å². The maximum atomic E-state index is 12.7. The van der Waals surface area contributed by atoms with Gasteiger partial charge in [0, 0.05) is 24.4 Å². The number of carbonyl (C=O) groups excluding carboxylic acids is 3. The van der Waals surface area contributed by atoms with Gasteiger partial charge in [-0.25, -0.2) is 0 Å². The van der Waals surface area contributed by atoms with E-state index < -0.39 is 6.04 Å². The van der Waals surface area contributed by atoms with Crippen LogP contribution >= 0.6 is 11.9 Å². The fourth-order valence-electron chi connectivity index (χ4n) is 3.03. The molecule has 7 N–H and O–H groups in total. The van der Waals surface area contributed by atoms with E-state index in [1.807, 2.05) is 30.3 Å². The molecule has 0 saturated carbocycles. The number of hydrogen-bond donors (Lipinski definition) is 6. The van der Waals surface area contributed by atoms with Crippen molar-refractivity contribution in [2.75, 3.05) is 13.1 Å². The molecule has 2 rings (SSSR count). The molecule has 0 aliphatic heterocycles. The molecule has 0 saturated heterocycles. The maximum Gasteiger partial charge on any atom is 0.239 e. The van der Waals surface area contributed by atoms with E-state index in [1.165, 1.54) is 11.9 Å². The standard InChI is InChI=1S/C24H32N6O3S/c25-23(26)20-11-9-18(10-12-20)14-28-22(32)15-29-24(33)21(8-4-5-13-27-17-31)30-34-16-19-6-2-1-3-7-19/h1-3,6-7,9-12,17,21,30H,4-5,8,13-16H2,(H3,25,26)(H,27,31)(H,28,32)(H,29,33)/t21-/m1/s1. The third-order valence-electron chi connectivity index (χ3n) is 4.95. The van der Waals surface area contributed by atoms with E-state index in [9.17, 15) is 14.4 Å². The number of rotatable bonds is 16. The molecule has 2 aromatic carbocycles. The van der Waals surface area contributed by atoms with Crippen molar-refractivity contribution in [3.05, 3.63) is 71.3 Å². The molecule has 3 amide bonds. The molecule has 182 valence electrons. The van der Waals surface area contributed by atoms with E-state index in [0.29, 0.717) is 37.2 Å². The summed E-state index contributed by atoms with van der Waals surface area (Å²) in [6, 6.07) is 16.5. The van der Waals surface area contributed by atoms with Crippen LogP contribution in [0, 0.1) is 5.41 Å². The molecule has 9 nitrogen and oxygen atoms in total. The normalized spacial score (nSPS) is 11.3. The quantitative estimate of drug-likeness (QED) is 0.0698. The lowest BCUT2D eigenvalue weighted by Gasteiger charge is -2.18. The Morgan fingerprint density at radius 3 is 2.41 bits per heavy atom. The van der Waals surface area contributed by atoms with Crippen molar-refractivity contribution in [1.82, 2.24) is 20.7 Å². The van der Waals surface area contributed by atoms with Crippen molar-refractivity contribution in [2.45, 2.75) is 37.6 Å². The van der Waals surface area contributed by atoms with E-state index in [1.54, 1.807) is 24.3 Å². The van der Waals surface area contributed by atoms with Gasteiger partial charge >= 0.3 is 0 Å². The Hall–Kier alpha value is -3.37. The second-order valence-corrected chi connectivity index (χ2v) is 8.43. The van der Waals surface area contributed by atoms with Gasteiger partial charge in [-0.1, -0.05) is 66.5 Å². The SMILES string of the molecule is N=C(N)c1ccc(CNC(=O)CNC(=O)[C@@H](CCCCNC=O)NSCc2ccccc2)cc1. The van der Waals surface area contributed by atoms with E-state index >= 15 is 0 Å². The molecule has 0 unspecified atom stereocenters. The van der Waals surface area contributed by atoms with Crippen molar-refractivity contribution in [3.8, 4) is 0 Å². The summed E-state index contributed by atoms with van der Waals surface area (Å²) in [4.78, 5) is 35.3. The molecule has 0 aromatic heterocycles. The highest BCUT2D eigenvalue weighted by Crippen LogP contribution is 2.12. The minimum atomic E-state index is -0.461. The van der Waals surface area contributed by atoms with Crippen molar-refractivity contribution in [1.29, 1.82) is 5.41 Å². The summed E-state index contributed by atoms with van der Waals surface area (Å²) in [6.45, 7) is 0.745. The maximum absolute atomic E-state index is 12.7. The zero-order chi connectivity index (χ0) is 24.6. The summed E-state index contributed by atoms with van der Waals surface area (Å²) in [5.74, 6) is 0.156. The number of nitrogen functional groups attached to an aromatic ring is 1. The Morgan fingerprint density at radius 1 is 1.00 bits per heavy atom. The highest BCUT2D eigenvalue weighted by Gasteiger charge is 2.18. The first-order valence-corrected chi connectivity index (χ1v) is 12.0. The first-order valence-electron chi connectivity index (χ1n) is 11.1. The van der Waals surface area contributed by atoms with Crippen molar-refractivity contribution in [3.63, 3.8) is 0 Å². The number of nitrogens with two attached hydrogens (primary N) is 1. The molecule has 2 aromatic rings. The number of amides is 3. The van der Waals surface area contributed by atoms with Crippen LogP contribution in [0.2, 0.25) is 0 Å². The lowest BCUT2D eigenvalue weighted by molar-refractivity contribution is -0.127. The van der Waals surface area contributed by atoms with Gasteiger partial charge in [0.25, 0.3) is 0 Å². The third-order valence-corrected chi connectivity index (χ3v) is 5.88. The Kier molecular flexibility index (Phi) is 12.2. The fraction of sp³-hybridized carbons (Fsp3) is 0.333. The zero-order valence-corrected chi connectivity index (χ0v) is 19.8. The van der Waals surface area contributed by atoms with Crippen LogP contribution < -0.4 is 26.4 Å². The summed E-state index contributed by atoms with van der Waals surface area (Å²) >= 11 is 1.45. The molecule has 10 heteroatoms. The van der Waals surface area contributed by atoms with Gasteiger partial charge in [0.15, 0.2) is 0 Å². The molecule has 0 aliphatic rings. The van der Waals surface area contributed by atoms with Gasteiger partial charge in [-0.2, -0.15) is 0 Å². The Labute approximate surface area is 204 Å². The van der Waals surface area contributed by atoms with Gasteiger partial charge in [0.2, 0.25) is 18.2 Å². The topological polar surface area (TPSA) is 149 Å². The monoisotopic (exact) mass is 484 g/mol. The molecule has 0 bridgehead atoms. The van der Waals surface area contributed by atoms with Crippen LogP contribution in [0.1, 0.15) is 36.0 Å². The second-order valence-electron chi connectivity index (χ2n) is 7.62. The Morgan fingerprint density at radius 2 is 1.74 bits per heavy atom. The number of amidine groups is 1. The molecule has 0 radical (unpaired) electrons. The smallest absolute Gasteiger partial charge is 0.239 e. The number of benzene rings is 2. The first kappa shape index (κ1) is 26.9. The van der Waals surface area contributed by atoms with Crippen LogP contribution in [0.4, 0.5) is 0 Å². The minimum Gasteiger partial charge on any atom is -0.384 e. The van der Waals surface area contributed by atoms with Gasteiger partial charge < -0.3 is 21.7 Å². The highest BCUT2D eigenvalue weighted by molar-refractivity contribution is 7.96. The van der Waals surface area contributed by atoms with E-state index in [0.717, 1.165) is 24.0 Å². The van der Waals surface area contributed by atoms with E-state index in [2.05, 4.69) is 20.7 Å². The molecular weight excluding hydrogens is 452 g/mol. The van der Waals surface area contributed by atoms with E-state index in [-0.39, 0.29) is 24.2 Å². The van der Waals surface area contributed by atoms with Crippen molar-refractivity contribution < 1.29 is 14.4 Å². The van der Waals surface area contributed by atoms with E-state index in [4.69, 9.17) is 11.1 Å². The predicted octanol–water partition coefficient (Wildman–Crippen LogP) is 1.43. The van der Waals surface area contributed by atoms with Crippen LogP contribution in [-0.4, -0.2) is 43.2 Å². The summed E-state index contributed by atoms with van der Waals surface area (Å²) in [6.07, 6.45) is 2.75. The van der Waals surface area contributed by atoms with Gasteiger partial charge in [0.05, 0.1) is 12.6 Å². The van der Waals surface area contributed by atoms with Crippen LogP contribution in [0.15, 0.2) is 54.6 Å². The number of unbranched alkanes of at least 4 members (excludes halogenated alkanes) is 1. The fourth-order valence-corrected chi connectivity index (χ4v) is 3.90. The number of carbonyl (C=O) groups is 3. The zero-order valence-electron chi connectivity index (χ0n) is 19.0. The predicted molar refractivity (Wildman–Crippen MR) is 135 cm³/mol. The Balaban J connectivity index is 1.78. The summed E-state index contributed by atoms with van der Waals surface area (Å²) < 4.78 is 3.21. The second kappa shape index (κ2) is 15.5. The average molecular weight is 485 g/mol. The highest BCUT2D eigenvalue weighted by atomic mass is 32.2. The van der Waals surface area contributed by atoms with Crippen molar-refractivity contribution in [2.24, 2.45) is 5.73 Å². The molecular formula is C24H32N6O3S. The van der Waals surface area contributed by atoms with Gasteiger partial charge in [-0.05, 0) is 30.4 Å².